The fourth-order valence-electron chi connectivity index (χ4n) is 3.37. The fraction of sp³-hybridized carbons (Fsp3) is 0.632. The number of piperidine rings is 1. The number of nitrogens with one attached hydrogen (secondary N) is 1. The number of methoxy groups -OCH3 is 1. The van der Waals surface area contributed by atoms with Crippen LogP contribution in [0.4, 0.5) is 10.5 Å². The van der Waals surface area contributed by atoms with Crippen molar-refractivity contribution in [3.05, 3.63) is 23.8 Å². The van der Waals surface area contributed by atoms with Crippen molar-refractivity contribution >= 4 is 11.7 Å². The van der Waals surface area contributed by atoms with E-state index in [1.54, 1.807) is 7.11 Å². The molecule has 0 radical (unpaired) electrons. The second-order valence-electron chi connectivity index (χ2n) is 7.86. The van der Waals surface area contributed by atoms with Crippen molar-refractivity contribution in [2.24, 2.45) is 0 Å². The lowest BCUT2D eigenvalue weighted by Gasteiger charge is -2.47. The monoisotopic (exact) mass is 332 g/mol. The molecule has 24 heavy (non-hydrogen) atoms. The number of ether oxygens (including phenoxy) is 2. The standard InChI is InChI=1S/C19H28N2O3/c1-18(2,3)14-5-6-16(23-4)15(13-14)20-17(22)21-10-7-19(8-11-21)9-12-24-19/h5-6,13H,7-12H2,1-4H3,(H,20,22). The number of carbonyl (C=O) groups is 1. The van der Waals surface area contributed by atoms with Crippen molar-refractivity contribution in [3.63, 3.8) is 0 Å². The number of carbonyl (C=O) groups excluding carboxylic acids is 1. The van der Waals surface area contributed by atoms with Crippen LogP contribution in [-0.2, 0) is 10.2 Å². The first kappa shape index (κ1) is 17.1. The Bertz CT molecular complexity index is 608. The Morgan fingerprint density at radius 2 is 1.92 bits per heavy atom. The summed E-state index contributed by atoms with van der Waals surface area (Å²) in [4.78, 5) is 14.5. The average molecular weight is 332 g/mol. The number of amides is 2. The summed E-state index contributed by atoms with van der Waals surface area (Å²) in [5, 5.41) is 3.03. The number of rotatable bonds is 2. The van der Waals surface area contributed by atoms with Crippen LogP contribution in [0.5, 0.6) is 5.75 Å². The molecule has 0 aliphatic carbocycles. The molecular weight excluding hydrogens is 304 g/mol. The average Bonchev–Trinajstić information content (AvgIpc) is 2.52. The smallest absolute Gasteiger partial charge is 0.321 e. The van der Waals surface area contributed by atoms with Gasteiger partial charge in [0, 0.05) is 13.1 Å². The van der Waals surface area contributed by atoms with Gasteiger partial charge in [0.25, 0.3) is 0 Å². The Labute approximate surface area is 144 Å². The van der Waals surface area contributed by atoms with Crippen LogP contribution in [0, 0.1) is 0 Å². The van der Waals surface area contributed by atoms with Gasteiger partial charge in [0.15, 0.2) is 0 Å². The third-order valence-electron chi connectivity index (χ3n) is 5.23. The molecule has 2 amide bonds. The molecule has 1 aromatic carbocycles. The largest absolute Gasteiger partial charge is 0.495 e. The second kappa shape index (κ2) is 6.28. The lowest BCUT2D eigenvalue weighted by molar-refractivity contribution is -0.168. The Morgan fingerprint density at radius 1 is 1.25 bits per heavy atom. The van der Waals surface area contributed by atoms with Gasteiger partial charge in [0.2, 0.25) is 0 Å². The minimum atomic E-state index is -0.0615. The summed E-state index contributed by atoms with van der Waals surface area (Å²) < 4.78 is 11.1. The molecule has 0 aromatic heterocycles. The van der Waals surface area contributed by atoms with E-state index < -0.39 is 0 Å². The molecule has 1 aromatic rings. The van der Waals surface area contributed by atoms with E-state index in [2.05, 4.69) is 26.1 Å². The topological polar surface area (TPSA) is 50.8 Å². The zero-order chi connectivity index (χ0) is 17.4. The third kappa shape index (κ3) is 3.36. The van der Waals surface area contributed by atoms with Gasteiger partial charge < -0.3 is 19.7 Å². The van der Waals surface area contributed by atoms with Gasteiger partial charge >= 0.3 is 6.03 Å². The maximum Gasteiger partial charge on any atom is 0.321 e. The molecule has 3 rings (SSSR count). The first-order chi connectivity index (χ1) is 11.3. The highest BCUT2D eigenvalue weighted by Gasteiger charge is 2.42. The Balaban J connectivity index is 1.69. The SMILES string of the molecule is COc1ccc(C(C)(C)C)cc1NC(=O)N1CCC2(CCO2)CC1. The number of benzene rings is 1. The van der Waals surface area contributed by atoms with Gasteiger partial charge in [-0.25, -0.2) is 4.79 Å². The van der Waals surface area contributed by atoms with E-state index >= 15 is 0 Å². The van der Waals surface area contributed by atoms with Crippen LogP contribution in [-0.4, -0.2) is 43.3 Å². The quantitative estimate of drug-likeness (QED) is 0.897. The molecule has 2 aliphatic heterocycles. The van der Waals surface area contributed by atoms with Crippen LogP contribution >= 0.6 is 0 Å². The second-order valence-corrected chi connectivity index (χ2v) is 7.86. The van der Waals surface area contributed by atoms with E-state index in [0.717, 1.165) is 44.6 Å². The van der Waals surface area contributed by atoms with Gasteiger partial charge in [-0.1, -0.05) is 26.8 Å². The van der Waals surface area contributed by atoms with Gasteiger partial charge in [-0.15, -0.1) is 0 Å². The third-order valence-corrected chi connectivity index (χ3v) is 5.23. The van der Waals surface area contributed by atoms with Crippen LogP contribution in [0.25, 0.3) is 0 Å². The normalized spacial score (nSPS) is 19.8. The lowest BCUT2D eigenvalue weighted by Crippen LogP contribution is -2.54. The molecule has 132 valence electrons. The lowest BCUT2D eigenvalue weighted by atomic mass is 9.84. The molecule has 5 heteroatoms. The predicted octanol–water partition coefficient (Wildman–Crippen LogP) is 3.78. The van der Waals surface area contributed by atoms with E-state index in [1.165, 1.54) is 5.56 Å². The molecule has 0 unspecified atom stereocenters. The van der Waals surface area contributed by atoms with E-state index in [1.807, 2.05) is 23.1 Å². The number of nitrogens with zero attached hydrogens (tertiary/aromatic N) is 1. The van der Waals surface area contributed by atoms with Gasteiger partial charge in [-0.3, -0.25) is 0 Å². The minimum Gasteiger partial charge on any atom is -0.495 e. The van der Waals surface area contributed by atoms with Crippen LogP contribution in [0.3, 0.4) is 0 Å². The Morgan fingerprint density at radius 3 is 2.42 bits per heavy atom. The molecule has 2 fully saturated rings. The number of urea groups is 1. The number of hydrogen-bond acceptors (Lipinski definition) is 3. The van der Waals surface area contributed by atoms with Crippen LogP contribution < -0.4 is 10.1 Å². The summed E-state index contributed by atoms with van der Waals surface area (Å²) in [7, 11) is 1.63. The summed E-state index contributed by atoms with van der Waals surface area (Å²) >= 11 is 0. The molecule has 2 saturated heterocycles. The van der Waals surface area contributed by atoms with Crippen molar-refractivity contribution in [1.29, 1.82) is 0 Å². The van der Waals surface area contributed by atoms with Crippen molar-refractivity contribution in [3.8, 4) is 5.75 Å². The van der Waals surface area contributed by atoms with Crippen LogP contribution in [0.15, 0.2) is 18.2 Å². The number of anilines is 1. The molecule has 2 heterocycles. The molecule has 1 N–H and O–H groups in total. The molecule has 2 aliphatic rings. The highest BCUT2D eigenvalue weighted by molar-refractivity contribution is 5.91. The van der Waals surface area contributed by atoms with Crippen molar-refractivity contribution in [2.75, 3.05) is 32.1 Å². The van der Waals surface area contributed by atoms with E-state index in [4.69, 9.17) is 9.47 Å². The highest BCUT2D eigenvalue weighted by atomic mass is 16.5. The van der Waals surface area contributed by atoms with Crippen molar-refractivity contribution < 1.29 is 14.3 Å². The van der Waals surface area contributed by atoms with Gasteiger partial charge in [-0.2, -0.15) is 0 Å². The molecular formula is C19H28N2O3. The van der Waals surface area contributed by atoms with Crippen molar-refractivity contribution in [1.82, 2.24) is 4.90 Å². The fourth-order valence-corrected chi connectivity index (χ4v) is 3.37. The van der Waals surface area contributed by atoms with Crippen LogP contribution in [0.2, 0.25) is 0 Å². The maximum absolute atomic E-state index is 12.6. The molecule has 0 atom stereocenters. The number of likely N-dealkylation sites (tertiary alicyclic amines) is 1. The maximum atomic E-state index is 12.6. The summed E-state index contributed by atoms with van der Waals surface area (Å²) in [6, 6.07) is 5.92. The highest BCUT2D eigenvalue weighted by Crippen LogP contribution is 2.37. The van der Waals surface area contributed by atoms with E-state index in [-0.39, 0.29) is 17.0 Å². The zero-order valence-corrected chi connectivity index (χ0v) is 15.1. The zero-order valence-electron chi connectivity index (χ0n) is 15.1. The minimum absolute atomic E-state index is 0.0187. The Kier molecular flexibility index (Phi) is 4.47. The van der Waals surface area contributed by atoms with E-state index in [0.29, 0.717) is 5.75 Å². The summed E-state index contributed by atoms with van der Waals surface area (Å²) in [5.41, 5.74) is 1.97. The molecule has 0 saturated carbocycles. The predicted molar refractivity (Wildman–Crippen MR) is 94.8 cm³/mol. The summed E-state index contributed by atoms with van der Waals surface area (Å²) in [6.07, 6.45) is 2.99. The molecule has 5 nitrogen and oxygen atoms in total. The van der Waals surface area contributed by atoms with Crippen molar-refractivity contribution in [2.45, 2.75) is 51.0 Å². The van der Waals surface area contributed by atoms with Gasteiger partial charge in [-0.05, 0) is 42.4 Å². The van der Waals surface area contributed by atoms with Gasteiger partial charge in [0.1, 0.15) is 5.75 Å². The first-order valence-electron chi connectivity index (χ1n) is 8.71. The number of hydrogen-bond donors (Lipinski definition) is 1. The summed E-state index contributed by atoms with van der Waals surface area (Å²) in [5.74, 6) is 0.687. The molecule has 0 bridgehead atoms. The Hall–Kier alpha value is -1.75. The van der Waals surface area contributed by atoms with Crippen LogP contribution in [0.1, 0.15) is 45.6 Å². The molecule has 1 spiro atoms. The summed E-state index contributed by atoms with van der Waals surface area (Å²) in [6.45, 7) is 8.82. The van der Waals surface area contributed by atoms with Gasteiger partial charge in [0.05, 0.1) is 25.0 Å². The first-order valence-corrected chi connectivity index (χ1v) is 8.71. The van der Waals surface area contributed by atoms with E-state index in [9.17, 15) is 4.79 Å².